The van der Waals surface area contributed by atoms with Gasteiger partial charge in [0.15, 0.2) is 11.5 Å². The van der Waals surface area contributed by atoms with Crippen molar-refractivity contribution in [2.45, 2.75) is 25.9 Å². The standard InChI is InChI=1S/C25H25N3O4/c1-25(2)16-18-9-7-11-22(23(18)32-25)31-13-5-4-12-26-24(29)21-15-20(27-28-21)17-8-6-10-19(14-17)30-3/h6-11,14-15H,12-13,16H2,1-3H3,(H,26,29)(H,27,28). The Morgan fingerprint density at radius 1 is 1.22 bits per heavy atom. The second kappa shape index (κ2) is 9.06. The van der Waals surface area contributed by atoms with E-state index in [1.807, 2.05) is 42.5 Å². The molecule has 164 valence electrons. The Kier molecular flexibility index (Phi) is 6.04. The van der Waals surface area contributed by atoms with Crippen molar-refractivity contribution >= 4 is 5.91 Å². The molecule has 0 saturated heterocycles. The minimum absolute atomic E-state index is 0.201. The average molecular weight is 431 g/mol. The molecule has 2 N–H and O–H groups in total. The van der Waals surface area contributed by atoms with E-state index in [2.05, 4.69) is 41.2 Å². The van der Waals surface area contributed by atoms with Crippen molar-refractivity contribution in [1.82, 2.24) is 15.5 Å². The number of aromatic nitrogens is 2. The molecule has 0 bridgehead atoms. The third kappa shape index (κ3) is 4.86. The maximum atomic E-state index is 12.3. The van der Waals surface area contributed by atoms with Crippen molar-refractivity contribution < 1.29 is 19.0 Å². The summed E-state index contributed by atoms with van der Waals surface area (Å²) < 4.78 is 17.0. The summed E-state index contributed by atoms with van der Waals surface area (Å²) in [5.74, 6) is 7.74. The summed E-state index contributed by atoms with van der Waals surface area (Å²) in [5, 5.41) is 9.71. The highest BCUT2D eigenvalue weighted by molar-refractivity contribution is 5.93. The molecular weight excluding hydrogens is 406 g/mol. The number of hydrogen-bond acceptors (Lipinski definition) is 5. The van der Waals surface area contributed by atoms with E-state index in [1.54, 1.807) is 13.2 Å². The zero-order valence-electron chi connectivity index (χ0n) is 18.3. The highest BCUT2D eigenvalue weighted by Gasteiger charge is 2.32. The van der Waals surface area contributed by atoms with Crippen LogP contribution in [0.3, 0.4) is 0 Å². The van der Waals surface area contributed by atoms with Gasteiger partial charge in [-0.3, -0.25) is 9.89 Å². The Balaban J connectivity index is 1.27. The first-order valence-corrected chi connectivity index (χ1v) is 10.3. The molecule has 0 atom stereocenters. The van der Waals surface area contributed by atoms with Gasteiger partial charge >= 0.3 is 0 Å². The van der Waals surface area contributed by atoms with Gasteiger partial charge in [0, 0.05) is 17.5 Å². The molecule has 7 heteroatoms. The van der Waals surface area contributed by atoms with Crippen LogP contribution in [-0.2, 0) is 6.42 Å². The minimum Gasteiger partial charge on any atom is -0.497 e. The number of carbonyl (C=O) groups excluding carboxylic acids is 1. The zero-order valence-corrected chi connectivity index (χ0v) is 18.3. The fourth-order valence-electron chi connectivity index (χ4n) is 3.52. The number of fused-ring (bicyclic) bond motifs is 1. The number of aromatic amines is 1. The van der Waals surface area contributed by atoms with Crippen LogP contribution >= 0.6 is 0 Å². The first-order valence-electron chi connectivity index (χ1n) is 10.3. The lowest BCUT2D eigenvalue weighted by Gasteiger charge is -2.17. The largest absolute Gasteiger partial charge is 0.497 e. The number of rotatable bonds is 6. The first-order chi connectivity index (χ1) is 15.4. The molecule has 0 aliphatic carbocycles. The van der Waals surface area contributed by atoms with Crippen molar-refractivity contribution in [3.63, 3.8) is 0 Å². The molecule has 1 aliphatic heterocycles. The second-order valence-electron chi connectivity index (χ2n) is 8.01. The van der Waals surface area contributed by atoms with Crippen LogP contribution in [0.15, 0.2) is 48.5 Å². The Morgan fingerprint density at radius 2 is 2.06 bits per heavy atom. The quantitative estimate of drug-likeness (QED) is 0.583. The molecule has 7 nitrogen and oxygen atoms in total. The number of amides is 1. The molecule has 0 saturated carbocycles. The third-order valence-electron chi connectivity index (χ3n) is 5.01. The summed E-state index contributed by atoms with van der Waals surface area (Å²) in [6.07, 6.45) is 0.852. The number of hydrogen-bond donors (Lipinski definition) is 2. The fourth-order valence-corrected chi connectivity index (χ4v) is 3.52. The summed E-state index contributed by atoms with van der Waals surface area (Å²) in [4.78, 5) is 12.3. The number of carbonyl (C=O) groups is 1. The van der Waals surface area contributed by atoms with Crippen molar-refractivity contribution in [2.24, 2.45) is 0 Å². The molecule has 1 aliphatic rings. The summed E-state index contributed by atoms with van der Waals surface area (Å²) >= 11 is 0. The van der Waals surface area contributed by atoms with E-state index < -0.39 is 0 Å². The van der Waals surface area contributed by atoms with Crippen LogP contribution < -0.4 is 19.5 Å². The van der Waals surface area contributed by atoms with Gasteiger partial charge in [-0.2, -0.15) is 5.10 Å². The van der Waals surface area contributed by atoms with Crippen molar-refractivity contribution in [3.8, 4) is 40.3 Å². The molecule has 0 radical (unpaired) electrons. The molecule has 0 unspecified atom stereocenters. The summed E-state index contributed by atoms with van der Waals surface area (Å²) in [5.41, 5.74) is 2.79. The van der Waals surface area contributed by atoms with E-state index >= 15 is 0 Å². The predicted molar refractivity (Wildman–Crippen MR) is 121 cm³/mol. The molecule has 1 aromatic heterocycles. The molecule has 3 aromatic rings. The number of H-pyrrole nitrogens is 1. The predicted octanol–water partition coefficient (Wildman–Crippen LogP) is 3.61. The first kappa shape index (κ1) is 21.3. The number of benzene rings is 2. The van der Waals surface area contributed by atoms with Crippen LogP contribution in [-0.4, -0.2) is 42.0 Å². The van der Waals surface area contributed by atoms with Gasteiger partial charge in [-0.05, 0) is 38.1 Å². The van der Waals surface area contributed by atoms with Crippen molar-refractivity contribution in [2.75, 3.05) is 20.3 Å². The van der Waals surface area contributed by atoms with E-state index in [-0.39, 0.29) is 24.7 Å². The normalized spacial score (nSPS) is 13.3. The lowest BCUT2D eigenvalue weighted by atomic mass is 10.0. The van der Waals surface area contributed by atoms with Gasteiger partial charge in [0.1, 0.15) is 23.7 Å². The monoisotopic (exact) mass is 431 g/mol. The van der Waals surface area contributed by atoms with Crippen LogP contribution in [0.5, 0.6) is 17.2 Å². The molecule has 2 heterocycles. The summed E-state index contributed by atoms with van der Waals surface area (Å²) in [6, 6.07) is 15.1. The van der Waals surface area contributed by atoms with Gasteiger partial charge in [0.2, 0.25) is 0 Å². The van der Waals surface area contributed by atoms with Gasteiger partial charge in [0.05, 0.1) is 19.3 Å². The number of nitrogens with one attached hydrogen (secondary N) is 2. The molecule has 0 spiro atoms. The smallest absolute Gasteiger partial charge is 0.270 e. The maximum absolute atomic E-state index is 12.3. The highest BCUT2D eigenvalue weighted by atomic mass is 16.5. The van der Waals surface area contributed by atoms with Crippen molar-refractivity contribution in [1.29, 1.82) is 0 Å². The summed E-state index contributed by atoms with van der Waals surface area (Å²) in [6.45, 7) is 4.52. The number of ether oxygens (including phenoxy) is 3. The molecule has 0 fully saturated rings. The number of para-hydroxylation sites is 1. The van der Waals surface area contributed by atoms with E-state index in [0.717, 1.165) is 29.0 Å². The van der Waals surface area contributed by atoms with Gasteiger partial charge < -0.3 is 19.5 Å². The third-order valence-corrected chi connectivity index (χ3v) is 5.01. The molecule has 1 amide bonds. The van der Waals surface area contributed by atoms with Gasteiger partial charge in [-0.25, -0.2) is 0 Å². The minimum atomic E-state index is -0.279. The maximum Gasteiger partial charge on any atom is 0.270 e. The van der Waals surface area contributed by atoms with Crippen LogP contribution in [0.2, 0.25) is 0 Å². The van der Waals surface area contributed by atoms with Crippen LogP contribution in [0.25, 0.3) is 11.3 Å². The lowest BCUT2D eigenvalue weighted by Crippen LogP contribution is -2.24. The SMILES string of the molecule is COc1cccc(-c2cc(C(=O)NCC#CCOc3cccc4c3OC(C)(C)C4)[nH]n2)c1. The van der Waals surface area contributed by atoms with E-state index in [0.29, 0.717) is 17.1 Å². The van der Waals surface area contributed by atoms with Gasteiger partial charge in [-0.15, -0.1) is 0 Å². The van der Waals surface area contributed by atoms with E-state index in [9.17, 15) is 4.79 Å². The van der Waals surface area contributed by atoms with Gasteiger partial charge in [-0.1, -0.05) is 36.1 Å². The van der Waals surface area contributed by atoms with Crippen LogP contribution in [0.4, 0.5) is 0 Å². The lowest BCUT2D eigenvalue weighted by molar-refractivity contribution is 0.0953. The molecule has 4 rings (SSSR count). The second-order valence-corrected chi connectivity index (χ2v) is 8.01. The average Bonchev–Trinajstić information content (AvgIpc) is 3.40. The topological polar surface area (TPSA) is 85.5 Å². The zero-order chi connectivity index (χ0) is 22.6. The Hall–Kier alpha value is -3.92. The molecular formula is C25H25N3O4. The Morgan fingerprint density at radius 3 is 2.91 bits per heavy atom. The number of methoxy groups -OCH3 is 1. The van der Waals surface area contributed by atoms with Crippen LogP contribution in [0.1, 0.15) is 29.9 Å². The number of nitrogens with zero attached hydrogens (tertiary/aromatic N) is 1. The fraction of sp³-hybridized carbons (Fsp3) is 0.280. The van der Waals surface area contributed by atoms with Gasteiger partial charge in [0.25, 0.3) is 5.91 Å². The van der Waals surface area contributed by atoms with Crippen LogP contribution in [0, 0.1) is 11.8 Å². The van der Waals surface area contributed by atoms with E-state index in [1.165, 1.54) is 0 Å². The highest BCUT2D eigenvalue weighted by Crippen LogP contribution is 2.41. The summed E-state index contributed by atoms with van der Waals surface area (Å²) in [7, 11) is 1.61. The Labute approximate surface area is 187 Å². The molecule has 32 heavy (non-hydrogen) atoms. The molecule has 2 aromatic carbocycles. The van der Waals surface area contributed by atoms with Crippen molar-refractivity contribution in [3.05, 3.63) is 59.8 Å². The Bertz CT molecular complexity index is 1190. The van der Waals surface area contributed by atoms with E-state index in [4.69, 9.17) is 14.2 Å².